The number of benzene rings is 2. The number of ketones is 1. The monoisotopic (exact) mass is 326 g/mol. The molecule has 0 unspecified atom stereocenters. The normalized spacial score (nSPS) is 11.2. The van der Waals surface area contributed by atoms with Crippen molar-refractivity contribution < 1.29 is 30.0 Å². The van der Waals surface area contributed by atoms with E-state index in [1.54, 1.807) is 0 Å². The summed E-state index contributed by atoms with van der Waals surface area (Å²) in [5, 5.41) is 37.0. The molecule has 0 fully saturated rings. The molecule has 0 saturated heterocycles. The van der Waals surface area contributed by atoms with Crippen LogP contribution in [0.1, 0.15) is 21.5 Å². The number of rotatable bonds is 5. The largest absolute Gasteiger partial charge is 0.507 e. The lowest BCUT2D eigenvalue weighted by molar-refractivity contribution is -0.131. The molecule has 6 heteroatoms. The van der Waals surface area contributed by atoms with Crippen molar-refractivity contribution >= 4 is 23.9 Å². The molecule has 0 aromatic heterocycles. The fourth-order valence-corrected chi connectivity index (χ4v) is 1.93. The van der Waals surface area contributed by atoms with Crippen molar-refractivity contribution in [2.45, 2.75) is 0 Å². The summed E-state index contributed by atoms with van der Waals surface area (Å²) < 4.78 is 0. The number of allylic oxidation sites excluding steroid dienone is 1. The molecular formula is C18H14O6. The van der Waals surface area contributed by atoms with E-state index in [-0.39, 0.29) is 22.8 Å². The Hall–Kier alpha value is -3.54. The third-order valence-electron chi connectivity index (χ3n) is 3.13. The highest BCUT2D eigenvalue weighted by molar-refractivity contribution is 6.09. The standard InChI is InChI=1S/C18H14O6/c19-14-5-1-11(4-8-18(23)24)9-13(14)15(20)6-2-12-3-7-16(21)17(22)10-12/h1-10,19,21-22H,(H,23,24). The molecular weight excluding hydrogens is 312 g/mol. The maximum absolute atomic E-state index is 12.2. The van der Waals surface area contributed by atoms with Crippen LogP contribution in [0.2, 0.25) is 0 Å². The summed E-state index contributed by atoms with van der Waals surface area (Å²) in [5.41, 5.74) is 0.955. The number of phenolic OH excluding ortho intramolecular Hbond substituents is 3. The van der Waals surface area contributed by atoms with Gasteiger partial charge in [0.05, 0.1) is 5.56 Å². The van der Waals surface area contributed by atoms with E-state index < -0.39 is 11.8 Å². The van der Waals surface area contributed by atoms with Gasteiger partial charge < -0.3 is 20.4 Å². The smallest absolute Gasteiger partial charge is 0.328 e. The fraction of sp³-hybridized carbons (Fsp3) is 0. The molecule has 2 aromatic carbocycles. The number of carboxylic acids is 1. The highest BCUT2D eigenvalue weighted by Crippen LogP contribution is 2.26. The van der Waals surface area contributed by atoms with Crippen LogP contribution in [0.4, 0.5) is 0 Å². The summed E-state index contributed by atoms with van der Waals surface area (Å²) in [6.45, 7) is 0. The first-order valence-electron chi connectivity index (χ1n) is 6.85. The van der Waals surface area contributed by atoms with Crippen LogP contribution in [0.25, 0.3) is 12.2 Å². The van der Waals surface area contributed by atoms with Crippen LogP contribution < -0.4 is 0 Å². The Morgan fingerprint density at radius 2 is 1.33 bits per heavy atom. The third-order valence-corrected chi connectivity index (χ3v) is 3.13. The van der Waals surface area contributed by atoms with Crippen LogP contribution >= 0.6 is 0 Å². The van der Waals surface area contributed by atoms with Crippen molar-refractivity contribution in [2.24, 2.45) is 0 Å². The van der Waals surface area contributed by atoms with E-state index in [0.717, 1.165) is 6.08 Å². The molecule has 0 spiro atoms. The first-order chi connectivity index (χ1) is 11.4. The Morgan fingerprint density at radius 3 is 1.96 bits per heavy atom. The predicted octanol–water partition coefficient (Wildman–Crippen LogP) is 2.80. The van der Waals surface area contributed by atoms with E-state index in [2.05, 4.69) is 0 Å². The number of carboxylic acid groups (broad SMARTS) is 1. The lowest BCUT2D eigenvalue weighted by Crippen LogP contribution is -1.96. The van der Waals surface area contributed by atoms with Gasteiger partial charge in [0.2, 0.25) is 0 Å². The zero-order valence-corrected chi connectivity index (χ0v) is 12.4. The van der Waals surface area contributed by atoms with Crippen LogP contribution in [0.15, 0.2) is 48.6 Å². The lowest BCUT2D eigenvalue weighted by Gasteiger charge is -2.03. The Balaban J connectivity index is 2.25. The second-order valence-corrected chi connectivity index (χ2v) is 4.89. The molecule has 0 atom stereocenters. The summed E-state index contributed by atoms with van der Waals surface area (Å²) in [7, 11) is 0. The zero-order valence-electron chi connectivity index (χ0n) is 12.4. The summed E-state index contributed by atoms with van der Waals surface area (Å²) in [6, 6.07) is 8.22. The number of aliphatic carboxylic acids is 1. The minimum absolute atomic E-state index is 0.0155. The zero-order chi connectivity index (χ0) is 17.7. The summed E-state index contributed by atoms with van der Waals surface area (Å²) in [5.74, 6) is -2.43. The fourth-order valence-electron chi connectivity index (χ4n) is 1.93. The number of carbonyl (C=O) groups excluding carboxylic acids is 1. The van der Waals surface area contributed by atoms with E-state index in [0.29, 0.717) is 11.1 Å². The van der Waals surface area contributed by atoms with Gasteiger partial charge in [-0.2, -0.15) is 0 Å². The van der Waals surface area contributed by atoms with Gasteiger partial charge in [-0.05, 0) is 47.5 Å². The van der Waals surface area contributed by atoms with Crippen molar-refractivity contribution in [3.05, 3.63) is 65.2 Å². The van der Waals surface area contributed by atoms with Gasteiger partial charge in [0, 0.05) is 6.08 Å². The highest BCUT2D eigenvalue weighted by Gasteiger charge is 2.09. The minimum Gasteiger partial charge on any atom is -0.507 e. The van der Waals surface area contributed by atoms with E-state index in [1.807, 2.05) is 0 Å². The molecule has 0 aliphatic heterocycles. The number of hydrogen-bond donors (Lipinski definition) is 4. The van der Waals surface area contributed by atoms with Crippen LogP contribution in [-0.4, -0.2) is 32.2 Å². The molecule has 0 saturated carbocycles. The highest BCUT2D eigenvalue weighted by atomic mass is 16.4. The minimum atomic E-state index is -1.12. The van der Waals surface area contributed by atoms with Crippen molar-refractivity contribution in [1.29, 1.82) is 0 Å². The molecule has 2 aromatic rings. The van der Waals surface area contributed by atoms with Gasteiger partial charge in [0.15, 0.2) is 17.3 Å². The summed E-state index contributed by atoms with van der Waals surface area (Å²) in [4.78, 5) is 22.7. The molecule has 0 amide bonds. The van der Waals surface area contributed by atoms with Gasteiger partial charge in [-0.15, -0.1) is 0 Å². The predicted molar refractivity (Wildman–Crippen MR) is 87.9 cm³/mol. The van der Waals surface area contributed by atoms with Crippen LogP contribution in [0, 0.1) is 0 Å². The van der Waals surface area contributed by atoms with Gasteiger partial charge in [0.1, 0.15) is 5.75 Å². The number of carbonyl (C=O) groups is 2. The van der Waals surface area contributed by atoms with Gasteiger partial charge in [-0.1, -0.05) is 18.2 Å². The van der Waals surface area contributed by atoms with Gasteiger partial charge >= 0.3 is 5.97 Å². The average molecular weight is 326 g/mol. The quantitative estimate of drug-likeness (QED) is 0.381. The molecule has 0 bridgehead atoms. The van der Waals surface area contributed by atoms with Crippen molar-refractivity contribution in [3.8, 4) is 17.2 Å². The Bertz CT molecular complexity index is 849. The molecule has 0 aliphatic rings. The second-order valence-electron chi connectivity index (χ2n) is 4.89. The molecule has 0 radical (unpaired) electrons. The molecule has 6 nitrogen and oxygen atoms in total. The SMILES string of the molecule is O=C(O)C=Cc1ccc(O)c(C(=O)C=Cc2ccc(O)c(O)c2)c1. The van der Waals surface area contributed by atoms with Gasteiger partial charge in [-0.3, -0.25) is 4.79 Å². The Kier molecular flexibility index (Phi) is 5.01. The van der Waals surface area contributed by atoms with Crippen LogP contribution in [0.5, 0.6) is 17.2 Å². The number of phenols is 3. The molecule has 122 valence electrons. The van der Waals surface area contributed by atoms with E-state index in [4.69, 9.17) is 5.11 Å². The van der Waals surface area contributed by atoms with Gasteiger partial charge in [0.25, 0.3) is 0 Å². The first-order valence-corrected chi connectivity index (χ1v) is 6.85. The van der Waals surface area contributed by atoms with Crippen molar-refractivity contribution in [3.63, 3.8) is 0 Å². The molecule has 2 rings (SSSR count). The molecule has 4 N–H and O–H groups in total. The topological polar surface area (TPSA) is 115 Å². The maximum atomic E-state index is 12.2. The Labute approximate surface area is 137 Å². The van der Waals surface area contributed by atoms with E-state index in [1.165, 1.54) is 54.6 Å². The van der Waals surface area contributed by atoms with Crippen LogP contribution in [-0.2, 0) is 4.79 Å². The number of aromatic hydroxyl groups is 3. The summed E-state index contributed by atoms with van der Waals surface area (Å²) >= 11 is 0. The van der Waals surface area contributed by atoms with Crippen molar-refractivity contribution in [1.82, 2.24) is 0 Å². The average Bonchev–Trinajstić information content (AvgIpc) is 2.54. The first kappa shape index (κ1) is 16.8. The summed E-state index contributed by atoms with van der Waals surface area (Å²) in [6.07, 6.45) is 4.85. The maximum Gasteiger partial charge on any atom is 0.328 e. The van der Waals surface area contributed by atoms with Crippen molar-refractivity contribution in [2.75, 3.05) is 0 Å². The van der Waals surface area contributed by atoms with Crippen LogP contribution in [0.3, 0.4) is 0 Å². The lowest BCUT2D eigenvalue weighted by atomic mass is 10.0. The van der Waals surface area contributed by atoms with E-state index >= 15 is 0 Å². The molecule has 0 heterocycles. The second kappa shape index (κ2) is 7.15. The Morgan fingerprint density at radius 1 is 0.750 bits per heavy atom. The molecule has 0 aliphatic carbocycles. The number of hydrogen-bond acceptors (Lipinski definition) is 5. The third kappa shape index (κ3) is 4.23. The molecule has 24 heavy (non-hydrogen) atoms. The van der Waals surface area contributed by atoms with E-state index in [9.17, 15) is 24.9 Å². The van der Waals surface area contributed by atoms with Gasteiger partial charge in [-0.25, -0.2) is 4.79 Å².